The van der Waals surface area contributed by atoms with Crippen LogP contribution in [-0.2, 0) is 9.53 Å². The summed E-state index contributed by atoms with van der Waals surface area (Å²) in [5.41, 5.74) is 2.48. The molecule has 0 fully saturated rings. The summed E-state index contributed by atoms with van der Waals surface area (Å²) in [6.07, 6.45) is 9.46. The Hall–Kier alpha value is -3.39. The molecule has 0 aromatic carbocycles. The molecule has 152 valence electrons. The van der Waals surface area contributed by atoms with Crippen LogP contribution in [0.25, 0.3) is 5.70 Å². The largest absolute Gasteiger partial charge is 0.382 e. The zero-order valence-corrected chi connectivity index (χ0v) is 16.8. The lowest BCUT2D eigenvalue weighted by Crippen LogP contribution is -2.51. The van der Waals surface area contributed by atoms with Gasteiger partial charge in [0, 0.05) is 31.4 Å². The van der Waals surface area contributed by atoms with Crippen LogP contribution in [0.4, 0.5) is 16.3 Å². The van der Waals surface area contributed by atoms with E-state index >= 15 is 0 Å². The molecule has 2 N–H and O–H groups in total. The fourth-order valence-corrected chi connectivity index (χ4v) is 2.99. The molecule has 2 aromatic rings. The number of nitrogens with zero attached hydrogens (tertiary/aromatic N) is 3. The van der Waals surface area contributed by atoms with Crippen LogP contribution in [0.5, 0.6) is 0 Å². The number of anilines is 2. The summed E-state index contributed by atoms with van der Waals surface area (Å²) in [5, 5.41) is 5.67. The summed E-state index contributed by atoms with van der Waals surface area (Å²) in [7, 11) is 1.58. The molecule has 3 amide bonds. The van der Waals surface area contributed by atoms with Gasteiger partial charge in [0.05, 0.1) is 18.3 Å². The third kappa shape index (κ3) is 4.91. The summed E-state index contributed by atoms with van der Waals surface area (Å²) in [4.78, 5) is 30.5. The van der Waals surface area contributed by atoms with Gasteiger partial charge in [-0.3, -0.25) is 9.69 Å². The molecule has 1 aliphatic heterocycles. The standard InChI is InChI=1S/C21H25N5O3/c1-15(8-9-16(2)25-11-4-5-12-25)18(14-29-3)24-21(28)26-13-19(27)23-17-7-6-10-22-20(17)26/h4-12,18H,13-14H2,1-3H3,(H,23,27)(H,24,28)/b15-8+,16-9+. The van der Waals surface area contributed by atoms with Crippen molar-refractivity contribution < 1.29 is 14.3 Å². The van der Waals surface area contributed by atoms with E-state index in [2.05, 4.69) is 15.6 Å². The van der Waals surface area contributed by atoms with Gasteiger partial charge >= 0.3 is 6.03 Å². The number of allylic oxidation sites excluding steroid dienone is 3. The van der Waals surface area contributed by atoms with Crippen molar-refractivity contribution in [3.05, 3.63) is 60.6 Å². The van der Waals surface area contributed by atoms with Crippen LogP contribution >= 0.6 is 0 Å². The number of carbonyl (C=O) groups excluding carboxylic acids is 2. The third-order valence-corrected chi connectivity index (χ3v) is 4.64. The zero-order chi connectivity index (χ0) is 20.8. The van der Waals surface area contributed by atoms with Crippen molar-refractivity contribution in [1.82, 2.24) is 14.9 Å². The van der Waals surface area contributed by atoms with Crippen LogP contribution in [0.1, 0.15) is 13.8 Å². The summed E-state index contributed by atoms with van der Waals surface area (Å²) < 4.78 is 7.29. The highest BCUT2D eigenvalue weighted by atomic mass is 16.5. The quantitative estimate of drug-likeness (QED) is 0.736. The van der Waals surface area contributed by atoms with Crippen LogP contribution in [0.2, 0.25) is 0 Å². The van der Waals surface area contributed by atoms with Gasteiger partial charge in [-0.25, -0.2) is 9.78 Å². The Balaban J connectivity index is 1.76. The van der Waals surface area contributed by atoms with E-state index in [4.69, 9.17) is 4.74 Å². The Morgan fingerprint density at radius 3 is 2.79 bits per heavy atom. The molecule has 3 heterocycles. The summed E-state index contributed by atoms with van der Waals surface area (Å²) in [5.74, 6) is 0.159. The average molecular weight is 395 g/mol. The van der Waals surface area contributed by atoms with Gasteiger partial charge in [0.15, 0.2) is 5.82 Å². The van der Waals surface area contributed by atoms with Crippen molar-refractivity contribution in [2.24, 2.45) is 0 Å². The number of rotatable bonds is 6. The predicted octanol–water partition coefficient (Wildman–Crippen LogP) is 2.87. The van der Waals surface area contributed by atoms with Crippen molar-refractivity contribution >= 4 is 29.1 Å². The Labute approximate surface area is 169 Å². The molecule has 1 unspecified atom stereocenters. The molecule has 0 aliphatic carbocycles. The van der Waals surface area contributed by atoms with E-state index in [0.717, 1.165) is 11.3 Å². The lowest BCUT2D eigenvalue weighted by molar-refractivity contribution is -0.115. The highest BCUT2D eigenvalue weighted by Crippen LogP contribution is 2.26. The van der Waals surface area contributed by atoms with E-state index in [9.17, 15) is 9.59 Å². The first-order valence-electron chi connectivity index (χ1n) is 9.30. The highest BCUT2D eigenvalue weighted by Gasteiger charge is 2.29. The number of nitrogens with one attached hydrogen (secondary N) is 2. The molecule has 1 atom stereocenters. The first-order chi connectivity index (χ1) is 14.0. The second-order valence-electron chi connectivity index (χ2n) is 6.78. The summed E-state index contributed by atoms with van der Waals surface area (Å²) >= 11 is 0. The van der Waals surface area contributed by atoms with E-state index in [1.54, 1.807) is 25.4 Å². The number of amides is 3. The minimum absolute atomic E-state index is 0.0923. The number of carbonyl (C=O) groups is 2. The molecule has 8 heteroatoms. The van der Waals surface area contributed by atoms with Crippen LogP contribution in [0.3, 0.4) is 0 Å². The second kappa shape index (κ2) is 9.20. The molecule has 0 radical (unpaired) electrons. The minimum Gasteiger partial charge on any atom is -0.382 e. The van der Waals surface area contributed by atoms with Gasteiger partial charge in [0.25, 0.3) is 0 Å². The summed E-state index contributed by atoms with van der Waals surface area (Å²) in [6, 6.07) is 6.59. The van der Waals surface area contributed by atoms with Crippen molar-refractivity contribution in [2.45, 2.75) is 19.9 Å². The van der Waals surface area contributed by atoms with E-state index in [1.807, 2.05) is 55.1 Å². The number of methoxy groups -OCH3 is 1. The van der Waals surface area contributed by atoms with Crippen LogP contribution in [0, 0.1) is 0 Å². The molecular weight excluding hydrogens is 370 g/mol. The van der Waals surface area contributed by atoms with Gasteiger partial charge in [0.1, 0.15) is 6.54 Å². The van der Waals surface area contributed by atoms with Crippen molar-refractivity contribution in [3.63, 3.8) is 0 Å². The first kappa shape index (κ1) is 20.3. The van der Waals surface area contributed by atoms with Crippen LogP contribution in [-0.4, -0.2) is 47.8 Å². The molecule has 3 rings (SSSR count). The highest BCUT2D eigenvalue weighted by molar-refractivity contribution is 6.08. The van der Waals surface area contributed by atoms with Crippen LogP contribution in [0.15, 0.2) is 60.6 Å². The maximum absolute atomic E-state index is 12.9. The minimum atomic E-state index is -0.402. The van der Waals surface area contributed by atoms with Gasteiger partial charge < -0.3 is 19.9 Å². The Morgan fingerprint density at radius 2 is 2.07 bits per heavy atom. The van der Waals surface area contributed by atoms with E-state index in [0.29, 0.717) is 18.1 Å². The molecule has 2 aromatic heterocycles. The van der Waals surface area contributed by atoms with E-state index < -0.39 is 6.03 Å². The van der Waals surface area contributed by atoms with Gasteiger partial charge in [0.2, 0.25) is 5.91 Å². The van der Waals surface area contributed by atoms with Crippen molar-refractivity contribution in [1.29, 1.82) is 0 Å². The molecule has 0 bridgehead atoms. The third-order valence-electron chi connectivity index (χ3n) is 4.64. The van der Waals surface area contributed by atoms with E-state index in [-0.39, 0.29) is 18.5 Å². The topological polar surface area (TPSA) is 88.5 Å². The lowest BCUT2D eigenvalue weighted by atomic mass is 10.1. The van der Waals surface area contributed by atoms with Gasteiger partial charge in [-0.15, -0.1) is 0 Å². The van der Waals surface area contributed by atoms with Gasteiger partial charge in [-0.1, -0.05) is 6.08 Å². The molecule has 0 spiro atoms. The first-order valence-corrected chi connectivity index (χ1v) is 9.30. The van der Waals surface area contributed by atoms with Crippen molar-refractivity contribution in [3.8, 4) is 0 Å². The Kier molecular flexibility index (Phi) is 6.46. The number of urea groups is 1. The van der Waals surface area contributed by atoms with Gasteiger partial charge in [-0.2, -0.15) is 0 Å². The number of ether oxygens (including phenoxy) is 1. The molecule has 8 nitrogen and oxygen atoms in total. The molecular formula is C21H25N5O3. The Bertz CT molecular complexity index is 934. The molecule has 0 saturated heterocycles. The fraction of sp³-hybridized carbons (Fsp3) is 0.286. The number of hydrogen-bond donors (Lipinski definition) is 2. The predicted molar refractivity (Wildman–Crippen MR) is 113 cm³/mol. The zero-order valence-electron chi connectivity index (χ0n) is 16.8. The van der Waals surface area contributed by atoms with Crippen LogP contribution < -0.4 is 15.5 Å². The average Bonchev–Trinajstić information content (AvgIpc) is 3.25. The smallest absolute Gasteiger partial charge is 0.324 e. The molecule has 29 heavy (non-hydrogen) atoms. The fourth-order valence-electron chi connectivity index (χ4n) is 2.99. The number of hydrogen-bond acceptors (Lipinski definition) is 4. The molecule has 0 saturated carbocycles. The molecule has 1 aliphatic rings. The number of fused-ring (bicyclic) bond motifs is 1. The van der Waals surface area contributed by atoms with Gasteiger partial charge in [-0.05, 0) is 49.8 Å². The van der Waals surface area contributed by atoms with Crippen molar-refractivity contribution in [2.75, 3.05) is 30.5 Å². The monoisotopic (exact) mass is 395 g/mol. The normalized spacial score (nSPS) is 15.6. The maximum Gasteiger partial charge on any atom is 0.324 e. The second-order valence-corrected chi connectivity index (χ2v) is 6.78. The number of pyridine rings is 1. The summed E-state index contributed by atoms with van der Waals surface area (Å²) in [6.45, 7) is 4.14. The lowest BCUT2D eigenvalue weighted by Gasteiger charge is -2.30. The van der Waals surface area contributed by atoms with E-state index in [1.165, 1.54) is 4.90 Å². The number of aromatic nitrogens is 2. The maximum atomic E-state index is 12.9. The SMILES string of the molecule is COCC(NC(=O)N1CC(=O)Nc2cccnc21)/C(C)=C/C=C(\C)n1cccc1. The Morgan fingerprint density at radius 1 is 1.31 bits per heavy atom.